The van der Waals surface area contributed by atoms with E-state index >= 15 is 0 Å². The maximum atomic E-state index is 9.31. The largest absolute Gasteiger partial charge is 0.492 e. The molecule has 2 rings (SSSR count). The van der Waals surface area contributed by atoms with Crippen LogP contribution < -0.4 is 5.73 Å². The molecule has 3 N–H and O–H groups in total. The van der Waals surface area contributed by atoms with E-state index in [1.807, 2.05) is 0 Å². The highest BCUT2D eigenvalue weighted by Gasteiger charge is 2.04. The summed E-state index contributed by atoms with van der Waals surface area (Å²) >= 11 is 5.75. The van der Waals surface area contributed by atoms with Crippen LogP contribution in [0.1, 0.15) is 0 Å². The van der Waals surface area contributed by atoms with Crippen LogP contribution in [0.3, 0.4) is 0 Å². The molecule has 0 saturated carbocycles. The van der Waals surface area contributed by atoms with Crippen LogP contribution >= 0.6 is 11.6 Å². The maximum absolute atomic E-state index is 9.31. The quantitative estimate of drug-likeness (QED) is 0.774. The Bertz CT molecular complexity index is 485. The van der Waals surface area contributed by atoms with Crippen LogP contribution in [0, 0.1) is 0 Å². The van der Waals surface area contributed by atoms with Gasteiger partial charge < -0.3 is 10.8 Å². The highest BCUT2D eigenvalue weighted by molar-refractivity contribution is 6.30. The van der Waals surface area contributed by atoms with E-state index in [0.717, 1.165) is 5.56 Å². The molecular weight excluding hydrogens is 214 g/mol. The second kappa shape index (κ2) is 3.74. The first-order valence-electron chi connectivity index (χ1n) is 4.24. The second-order valence-corrected chi connectivity index (χ2v) is 3.42. The predicted octanol–water partition coefficient (Wildman–Crippen LogP) is 2.08. The zero-order valence-electron chi connectivity index (χ0n) is 7.68. The third-order valence-corrected chi connectivity index (χ3v) is 2.15. The Morgan fingerprint density at radius 3 is 2.47 bits per heavy atom. The Labute approximate surface area is 91.4 Å². The molecule has 0 spiro atoms. The number of anilines is 1. The first kappa shape index (κ1) is 9.73. The molecule has 0 fully saturated rings. The van der Waals surface area contributed by atoms with Crippen molar-refractivity contribution in [3.63, 3.8) is 0 Å². The average Bonchev–Trinajstić information content (AvgIpc) is 2.23. The van der Waals surface area contributed by atoms with Crippen molar-refractivity contribution in [1.29, 1.82) is 0 Å². The Balaban J connectivity index is 2.45. The smallest absolute Gasteiger partial charge is 0.238 e. The lowest BCUT2D eigenvalue weighted by atomic mass is 10.2. The van der Waals surface area contributed by atoms with Crippen molar-refractivity contribution < 1.29 is 5.11 Å². The summed E-state index contributed by atoms with van der Waals surface area (Å²) in [5.41, 5.74) is 6.33. The fourth-order valence-electron chi connectivity index (χ4n) is 1.12. The van der Waals surface area contributed by atoms with Gasteiger partial charge in [0.25, 0.3) is 0 Å². The number of nitrogens with zero attached hydrogens (tertiary/aromatic N) is 2. The highest BCUT2D eigenvalue weighted by atomic mass is 35.5. The van der Waals surface area contributed by atoms with E-state index < -0.39 is 0 Å². The molecule has 1 aromatic carbocycles. The summed E-state index contributed by atoms with van der Waals surface area (Å²) in [5, 5.41) is 9.95. The molecule has 76 valence electrons. The zero-order valence-corrected chi connectivity index (χ0v) is 8.44. The van der Waals surface area contributed by atoms with Crippen molar-refractivity contribution in [3.8, 4) is 17.3 Å². The summed E-state index contributed by atoms with van der Waals surface area (Å²) in [5.74, 6) is 0.202. The van der Waals surface area contributed by atoms with Crippen LogP contribution in [0.5, 0.6) is 5.88 Å². The molecule has 4 nitrogen and oxygen atoms in total. The minimum Gasteiger partial charge on any atom is -0.492 e. The molecule has 1 heterocycles. The molecule has 0 unspecified atom stereocenters. The van der Waals surface area contributed by atoms with Gasteiger partial charge in [-0.05, 0) is 24.3 Å². The van der Waals surface area contributed by atoms with E-state index in [2.05, 4.69) is 9.97 Å². The lowest BCUT2D eigenvalue weighted by molar-refractivity contribution is 0.456. The van der Waals surface area contributed by atoms with Gasteiger partial charge in [-0.15, -0.1) is 0 Å². The van der Waals surface area contributed by atoms with Gasteiger partial charge in [0.1, 0.15) is 5.69 Å². The number of hydrogen-bond donors (Lipinski definition) is 2. The minimum atomic E-state index is -0.213. The van der Waals surface area contributed by atoms with Crippen molar-refractivity contribution in [2.24, 2.45) is 0 Å². The molecule has 1 aromatic heterocycles. The lowest BCUT2D eigenvalue weighted by Crippen LogP contribution is -1.93. The topological polar surface area (TPSA) is 72.0 Å². The normalized spacial score (nSPS) is 10.2. The number of aromatic nitrogens is 2. The molecule has 15 heavy (non-hydrogen) atoms. The standard InChI is InChI=1S/C10H8ClN3O/c11-7-3-1-6(2-4-7)9-13-5-8(12)10(15)14-9/h1-5H,12H2,(H,13,14,15). The molecule has 0 aliphatic carbocycles. The molecular formula is C10H8ClN3O. The molecule has 5 heteroatoms. The predicted molar refractivity (Wildman–Crippen MR) is 58.6 cm³/mol. The Hall–Kier alpha value is -1.81. The van der Waals surface area contributed by atoms with Crippen molar-refractivity contribution in [1.82, 2.24) is 9.97 Å². The monoisotopic (exact) mass is 221 g/mol. The van der Waals surface area contributed by atoms with Gasteiger partial charge in [0.05, 0.1) is 6.20 Å². The van der Waals surface area contributed by atoms with E-state index in [1.54, 1.807) is 24.3 Å². The summed E-state index contributed by atoms with van der Waals surface area (Å²) in [6.07, 6.45) is 1.37. The third kappa shape index (κ3) is 1.99. The number of nitrogens with two attached hydrogens (primary N) is 1. The minimum absolute atomic E-state index is 0.160. The first-order valence-corrected chi connectivity index (χ1v) is 4.62. The number of nitrogen functional groups attached to an aromatic ring is 1. The number of rotatable bonds is 1. The van der Waals surface area contributed by atoms with Gasteiger partial charge in [-0.3, -0.25) is 0 Å². The van der Waals surface area contributed by atoms with E-state index in [4.69, 9.17) is 17.3 Å². The van der Waals surface area contributed by atoms with Crippen LogP contribution in [0.2, 0.25) is 5.02 Å². The van der Waals surface area contributed by atoms with Crippen LogP contribution in [-0.2, 0) is 0 Å². The van der Waals surface area contributed by atoms with E-state index in [0.29, 0.717) is 10.8 Å². The molecule has 0 saturated heterocycles. The van der Waals surface area contributed by atoms with Crippen molar-refractivity contribution in [2.75, 3.05) is 5.73 Å². The lowest BCUT2D eigenvalue weighted by Gasteiger charge is -2.02. The Kier molecular flexibility index (Phi) is 2.43. The fourth-order valence-corrected chi connectivity index (χ4v) is 1.25. The first-order chi connectivity index (χ1) is 7.16. The number of hydrogen-bond acceptors (Lipinski definition) is 4. The Morgan fingerprint density at radius 2 is 1.87 bits per heavy atom. The van der Waals surface area contributed by atoms with Crippen LogP contribution in [0.4, 0.5) is 5.69 Å². The maximum Gasteiger partial charge on any atom is 0.238 e. The molecule has 0 atom stereocenters. The highest BCUT2D eigenvalue weighted by Crippen LogP contribution is 2.22. The average molecular weight is 222 g/mol. The van der Waals surface area contributed by atoms with Crippen LogP contribution in [-0.4, -0.2) is 15.1 Å². The van der Waals surface area contributed by atoms with Crippen molar-refractivity contribution in [3.05, 3.63) is 35.5 Å². The molecule has 0 aliphatic rings. The van der Waals surface area contributed by atoms with E-state index in [9.17, 15) is 5.11 Å². The van der Waals surface area contributed by atoms with E-state index in [-0.39, 0.29) is 11.6 Å². The second-order valence-electron chi connectivity index (χ2n) is 2.98. The SMILES string of the molecule is Nc1cnc(-c2ccc(Cl)cc2)nc1O. The molecule has 0 amide bonds. The summed E-state index contributed by atoms with van der Waals surface area (Å²) < 4.78 is 0. The third-order valence-electron chi connectivity index (χ3n) is 1.90. The number of halogens is 1. The fraction of sp³-hybridized carbons (Fsp3) is 0. The number of benzene rings is 1. The van der Waals surface area contributed by atoms with Gasteiger partial charge in [0.15, 0.2) is 5.82 Å². The van der Waals surface area contributed by atoms with Gasteiger partial charge >= 0.3 is 0 Å². The van der Waals surface area contributed by atoms with Crippen LogP contribution in [0.25, 0.3) is 11.4 Å². The van der Waals surface area contributed by atoms with Crippen molar-refractivity contribution in [2.45, 2.75) is 0 Å². The van der Waals surface area contributed by atoms with Gasteiger partial charge in [0, 0.05) is 10.6 Å². The molecule has 0 aliphatic heterocycles. The summed E-state index contributed by atoms with van der Waals surface area (Å²) in [7, 11) is 0. The molecule has 0 bridgehead atoms. The number of aromatic hydroxyl groups is 1. The van der Waals surface area contributed by atoms with Gasteiger partial charge in [-0.25, -0.2) is 4.98 Å². The Morgan fingerprint density at radius 1 is 1.20 bits per heavy atom. The summed E-state index contributed by atoms with van der Waals surface area (Å²) in [6, 6.07) is 7.00. The summed E-state index contributed by atoms with van der Waals surface area (Å²) in [6.45, 7) is 0. The van der Waals surface area contributed by atoms with Gasteiger partial charge in [0.2, 0.25) is 5.88 Å². The van der Waals surface area contributed by atoms with Crippen LogP contribution in [0.15, 0.2) is 30.5 Å². The van der Waals surface area contributed by atoms with Gasteiger partial charge in [-0.2, -0.15) is 4.98 Å². The van der Waals surface area contributed by atoms with E-state index in [1.165, 1.54) is 6.20 Å². The molecule has 2 aromatic rings. The van der Waals surface area contributed by atoms with Gasteiger partial charge in [-0.1, -0.05) is 11.6 Å². The zero-order chi connectivity index (χ0) is 10.8. The summed E-state index contributed by atoms with van der Waals surface area (Å²) in [4.78, 5) is 7.85. The molecule has 0 radical (unpaired) electrons. The van der Waals surface area contributed by atoms with Crippen molar-refractivity contribution >= 4 is 17.3 Å².